The molecule has 0 aliphatic carbocycles. The van der Waals surface area contributed by atoms with Gasteiger partial charge in [-0.15, -0.1) is 0 Å². The van der Waals surface area contributed by atoms with Crippen molar-refractivity contribution in [1.82, 2.24) is 0 Å². The summed E-state index contributed by atoms with van der Waals surface area (Å²) in [5.74, 6) is 0.305. The summed E-state index contributed by atoms with van der Waals surface area (Å²) < 4.78 is 0. The van der Waals surface area contributed by atoms with Gasteiger partial charge in [0.25, 0.3) is 0 Å². The van der Waals surface area contributed by atoms with Crippen LogP contribution in [0.25, 0.3) is 0 Å². The van der Waals surface area contributed by atoms with Crippen molar-refractivity contribution < 1.29 is 4.79 Å². The van der Waals surface area contributed by atoms with Crippen LogP contribution >= 0.6 is 15.9 Å². The molecule has 0 amide bonds. The van der Waals surface area contributed by atoms with E-state index in [-0.39, 0.29) is 0 Å². The molecule has 2 heteroatoms. The number of halogens is 1. The molecule has 0 aromatic rings. The van der Waals surface area contributed by atoms with Gasteiger partial charge in [-0.3, -0.25) is 0 Å². The van der Waals surface area contributed by atoms with Crippen LogP contribution in [0.3, 0.4) is 0 Å². The highest BCUT2D eigenvalue weighted by molar-refractivity contribution is 9.09. The van der Waals surface area contributed by atoms with Crippen LogP contribution in [-0.2, 0) is 4.79 Å². The van der Waals surface area contributed by atoms with Gasteiger partial charge in [-0.05, 0) is 19.3 Å². The van der Waals surface area contributed by atoms with Crippen LogP contribution in [0.2, 0.25) is 0 Å². The number of aldehydes is 1. The number of unbranched alkanes of at least 4 members (excludes halogenated alkanes) is 1. The van der Waals surface area contributed by atoms with Gasteiger partial charge in [0, 0.05) is 11.2 Å². The molecular weight excluding hydrogens is 192 g/mol. The lowest BCUT2D eigenvalue weighted by molar-refractivity contribution is -0.111. The summed E-state index contributed by atoms with van der Waals surface area (Å²) in [5, 5.41) is 1.06. The van der Waals surface area contributed by atoms with Crippen molar-refractivity contribution in [1.29, 1.82) is 0 Å². The molecule has 0 heterocycles. The maximum atomic E-state index is 10.3. The van der Waals surface area contributed by atoms with Gasteiger partial charge in [0.1, 0.15) is 6.29 Å². The quantitative estimate of drug-likeness (QED) is 0.372. The first-order valence-corrected chi connectivity index (χ1v) is 4.98. The van der Waals surface area contributed by atoms with Gasteiger partial charge in [0.15, 0.2) is 0 Å². The molecule has 0 aromatic carbocycles. The van der Waals surface area contributed by atoms with Crippen LogP contribution < -0.4 is 0 Å². The van der Waals surface area contributed by atoms with E-state index in [1.165, 1.54) is 12.8 Å². The van der Waals surface area contributed by atoms with Gasteiger partial charge in [0.2, 0.25) is 0 Å². The van der Waals surface area contributed by atoms with Crippen LogP contribution in [0, 0.1) is 5.92 Å². The van der Waals surface area contributed by atoms with Crippen molar-refractivity contribution in [3.05, 3.63) is 0 Å². The van der Waals surface area contributed by atoms with E-state index < -0.39 is 0 Å². The molecule has 0 N–H and O–H groups in total. The summed E-state index contributed by atoms with van der Waals surface area (Å²) in [6.07, 6.45) is 5.48. The molecule has 1 atom stereocenters. The molecular formula is C8H15BrO. The fraction of sp³-hybridized carbons (Fsp3) is 0.875. The summed E-state index contributed by atoms with van der Waals surface area (Å²) in [6, 6.07) is 0. The number of hydrogen-bond acceptors (Lipinski definition) is 1. The highest BCUT2D eigenvalue weighted by Gasteiger charge is 2.01. The first kappa shape index (κ1) is 10.2. The van der Waals surface area contributed by atoms with Crippen molar-refractivity contribution >= 4 is 22.2 Å². The van der Waals surface area contributed by atoms with Crippen LogP contribution in [0.4, 0.5) is 0 Å². The lowest BCUT2D eigenvalue weighted by Gasteiger charge is -2.04. The highest BCUT2D eigenvalue weighted by atomic mass is 79.9. The molecule has 1 unspecified atom stereocenters. The molecule has 0 saturated heterocycles. The summed E-state index contributed by atoms with van der Waals surface area (Å²) in [4.78, 5) is 10.3. The van der Waals surface area contributed by atoms with Crippen LogP contribution in [0.1, 0.15) is 32.6 Å². The lowest BCUT2D eigenvalue weighted by atomic mass is 10.0. The van der Waals surface area contributed by atoms with E-state index in [4.69, 9.17) is 0 Å². The second-order valence-electron chi connectivity index (χ2n) is 2.49. The summed E-state index contributed by atoms with van der Waals surface area (Å²) in [6.45, 7) is 2.06. The Morgan fingerprint density at radius 1 is 1.50 bits per heavy atom. The normalized spacial score (nSPS) is 13.0. The fourth-order valence-electron chi connectivity index (χ4n) is 0.869. The third kappa shape index (κ3) is 4.98. The Morgan fingerprint density at radius 2 is 2.20 bits per heavy atom. The van der Waals surface area contributed by atoms with E-state index in [0.717, 1.165) is 24.5 Å². The monoisotopic (exact) mass is 206 g/mol. The summed E-state index contributed by atoms with van der Waals surface area (Å²) >= 11 is 3.35. The zero-order valence-corrected chi connectivity index (χ0v) is 8.06. The Kier molecular flexibility index (Phi) is 7.37. The smallest absolute Gasteiger partial charge is 0.123 e. The van der Waals surface area contributed by atoms with Gasteiger partial charge in [-0.2, -0.15) is 0 Å². The van der Waals surface area contributed by atoms with Gasteiger partial charge >= 0.3 is 0 Å². The molecule has 0 saturated carbocycles. The number of carbonyl (C=O) groups excluding carboxylic acids is 1. The van der Waals surface area contributed by atoms with E-state index in [2.05, 4.69) is 22.9 Å². The van der Waals surface area contributed by atoms with Crippen molar-refractivity contribution in [3.63, 3.8) is 0 Å². The van der Waals surface area contributed by atoms with Gasteiger partial charge in [0.05, 0.1) is 0 Å². The molecule has 0 aliphatic rings. The maximum absolute atomic E-state index is 10.3. The SMILES string of the molecule is CCC(C=O)CCCCBr. The molecule has 0 radical (unpaired) electrons. The van der Waals surface area contributed by atoms with Crippen molar-refractivity contribution in [2.45, 2.75) is 32.6 Å². The van der Waals surface area contributed by atoms with Crippen molar-refractivity contribution in [3.8, 4) is 0 Å². The maximum Gasteiger partial charge on any atom is 0.123 e. The molecule has 0 aliphatic heterocycles. The third-order valence-electron chi connectivity index (χ3n) is 1.68. The molecule has 0 spiro atoms. The van der Waals surface area contributed by atoms with Gasteiger partial charge in [-0.25, -0.2) is 0 Å². The minimum Gasteiger partial charge on any atom is -0.303 e. The minimum atomic E-state index is 0.305. The Bertz CT molecular complexity index is 83.3. The average Bonchev–Trinajstić information content (AvgIpc) is 1.99. The Hall–Kier alpha value is 0.150. The van der Waals surface area contributed by atoms with E-state index in [1.54, 1.807) is 0 Å². The summed E-state index contributed by atoms with van der Waals surface area (Å²) in [5.41, 5.74) is 0. The Balaban J connectivity index is 3.17. The standard InChI is InChI=1S/C8H15BrO/c1-2-8(7-10)5-3-4-6-9/h7-8H,2-6H2,1H3. The predicted molar refractivity (Wildman–Crippen MR) is 47.5 cm³/mol. The van der Waals surface area contributed by atoms with E-state index in [1.807, 2.05) is 0 Å². The molecule has 0 fully saturated rings. The van der Waals surface area contributed by atoms with Crippen molar-refractivity contribution in [2.24, 2.45) is 5.92 Å². The molecule has 0 aromatic heterocycles. The molecule has 1 nitrogen and oxygen atoms in total. The number of carbonyl (C=O) groups is 1. The van der Waals surface area contributed by atoms with E-state index in [0.29, 0.717) is 5.92 Å². The largest absolute Gasteiger partial charge is 0.303 e. The lowest BCUT2D eigenvalue weighted by Crippen LogP contribution is -1.99. The number of hydrogen-bond donors (Lipinski definition) is 0. The summed E-state index contributed by atoms with van der Waals surface area (Å²) in [7, 11) is 0. The topological polar surface area (TPSA) is 17.1 Å². The van der Waals surface area contributed by atoms with Gasteiger partial charge in [-0.1, -0.05) is 29.3 Å². The number of rotatable bonds is 6. The van der Waals surface area contributed by atoms with E-state index in [9.17, 15) is 4.79 Å². The van der Waals surface area contributed by atoms with Crippen molar-refractivity contribution in [2.75, 3.05) is 5.33 Å². The zero-order valence-electron chi connectivity index (χ0n) is 6.48. The predicted octanol–water partition coefficient (Wildman–Crippen LogP) is 2.78. The average molecular weight is 207 g/mol. The first-order chi connectivity index (χ1) is 4.85. The van der Waals surface area contributed by atoms with E-state index >= 15 is 0 Å². The minimum absolute atomic E-state index is 0.305. The van der Waals surface area contributed by atoms with Crippen LogP contribution in [0.5, 0.6) is 0 Å². The second-order valence-corrected chi connectivity index (χ2v) is 3.28. The molecule has 0 bridgehead atoms. The second kappa shape index (κ2) is 7.26. The fourth-order valence-corrected chi connectivity index (χ4v) is 1.27. The zero-order chi connectivity index (χ0) is 7.82. The molecule has 60 valence electrons. The number of alkyl halides is 1. The van der Waals surface area contributed by atoms with Crippen LogP contribution in [0.15, 0.2) is 0 Å². The molecule has 0 rings (SSSR count). The van der Waals surface area contributed by atoms with Crippen LogP contribution in [-0.4, -0.2) is 11.6 Å². The third-order valence-corrected chi connectivity index (χ3v) is 2.24. The first-order valence-electron chi connectivity index (χ1n) is 3.86. The molecule has 10 heavy (non-hydrogen) atoms. The highest BCUT2D eigenvalue weighted by Crippen LogP contribution is 2.09. The van der Waals surface area contributed by atoms with Gasteiger partial charge < -0.3 is 4.79 Å². The Labute approximate surface area is 71.3 Å². The Morgan fingerprint density at radius 3 is 2.60 bits per heavy atom.